The molecule has 0 aliphatic carbocycles. The molecule has 3 rings (SSSR count). The fourth-order valence-corrected chi connectivity index (χ4v) is 3.24. The van der Waals surface area contributed by atoms with Crippen LogP contribution in [0.4, 0.5) is 0 Å². The lowest BCUT2D eigenvalue weighted by atomic mass is 10.2. The lowest BCUT2D eigenvalue weighted by molar-refractivity contribution is 0.420. The normalized spacial score (nSPS) is 12.0. The molecular formula is C18H17N5O2S. The first-order valence-corrected chi connectivity index (χ1v) is 9.09. The third-order valence-corrected chi connectivity index (χ3v) is 4.54. The van der Waals surface area contributed by atoms with E-state index in [1.807, 2.05) is 37.3 Å². The van der Waals surface area contributed by atoms with Crippen molar-refractivity contribution >= 4 is 28.4 Å². The highest BCUT2D eigenvalue weighted by Crippen LogP contribution is 2.22. The lowest BCUT2D eigenvalue weighted by Crippen LogP contribution is -2.10. The van der Waals surface area contributed by atoms with Crippen LogP contribution in [0.2, 0.25) is 0 Å². The van der Waals surface area contributed by atoms with Gasteiger partial charge in [0.15, 0.2) is 11.0 Å². The third-order valence-electron chi connectivity index (χ3n) is 3.65. The molecule has 26 heavy (non-hydrogen) atoms. The zero-order valence-electron chi connectivity index (χ0n) is 14.1. The summed E-state index contributed by atoms with van der Waals surface area (Å²) in [7, 11) is 0. The van der Waals surface area contributed by atoms with E-state index in [1.54, 1.807) is 0 Å². The van der Waals surface area contributed by atoms with E-state index in [1.165, 1.54) is 6.07 Å². The quantitative estimate of drug-likeness (QED) is 0.266. The molecule has 132 valence electrons. The molecule has 0 aliphatic heterocycles. The molecule has 0 bridgehead atoms. The van der Waals surface area contributed by atoms with Crippen LogP contribution in [0.5, 0.6) is 0 Å². The second kappa shape index (κ2) is 7.89. The number of aromatic nitrogens is 4. The van der Waals surface area contributed by atoms with Gasteiger partial charge in [-0.3, -0.25) is 4.79 Å². The summed E-state index contributed by atoms with van der Waals surface area (Å²) in [6.45, 7) is 2.01. The monoisotopic (exact) mass is 367 g/mol. The number of nitrogens with zero attached hydrogens (tertiary/aromatic N) is 3. The summed E-state index contributed by atoms with van der Waals surface area (Å²) < 4.78 is 0. The van der Waals surface area contributed by atoms with Crippen LogP contribution >= 0.6 is 11.8 Å². The van der Waals surface area contributed by atoms with Gasteiger partial charge in [0, 0.05) is 11.8 Å². The fraction of sp³-hybridized carbons (Fsp3) is 0.222. The van der Waals surface area contributed by atoms with Crippen molar-refractivity contribution in [2.24, 2.45) is 0 Å². The SMILES string of the molecule is CCCc1cc(=O)[nH]c(SCC(O)=C(C#N)c2nc3ccccc3[nH]2)n1. The van der Waals surface area contributed by atoms with Crippen molar-refractivity contribution in [3.63, 3.8) is 0 Å². The van der Waals surface area contributed by atoms with E-state index in [0.717, 1.165) is 23.7 Å². The number of allylic oxidation sites excluding steroid dienone is 1. The van der Waals surface area contributed by atoms with Crippen molar-refractivity contribution in [2.75, 3.05) is 5.75 Å². The molecule has 0 aliphatic rings. The molecule has 2 aromatic heterocycles. The van der Waals surface area contributed by atoms with Crippen molar-refractivity contribution < 1.29 is 5.11 Å². The molecule has 0 saturated heterocycles. The van der Waals surface area contributed by atoms with E-state index in [-0.39, 0.29) is 22.6 Å². The Balaban J connectivity index is 1.83. The van der Waals surface area contributed by atoms with Crippen molar-refractivity contribution in [2.45, 2.75) is 24.9 Å². The summed E-state index contributed by atoms with van der Waals surface area (Å²) in [5, 5.41) is 20.2. The Labute approximate surface area is 153 Å². The van der Waals surface area contributed by atoms with Gasteiger partial charge in [0.25, 0.3) is 5.56 Å². The first kappa shape index (κ1) is 17.8. The number of aromatic amines is 2. The molecule has 0 saturated carbocycles. The van der Waals surface area contributed by atoms with Crippen LogP contribution in [0.15, 0.2) is 46.0 Å². The fourth-order valence-electron chi connectivity index (χ4n) is 2.47. The van der Waals surface area contributed by atoms with Gasteiger partial charge in [-0.2, -0.15) is 5.26 Å². The maximum atomic E-state index is 11.7. The number of hydrogen-bond donors (Lipinski definition) is 3. The molecule has 0 unspecified atom stereocenters. The van der Waals surface area contributed by atoms with Crippen LogP contribution in [0.3, 0.4) is 0 Å². The minimum absolute atomic E-state index is 0.0701. The Morgan fingerprint density at radius 1 is 1.31 bits per heavy atom. The maximum absolute atomic E-state index is 11.7. The molecule has 7 nitrogen and oxygen atoms in total. The molecule has 0 spiro atoms. The van der Waals surface area contributed by atoms with Crippen LogP contribution < -0.4 is 5.56 Å². The van der Waals surface area contributed by atoms with E-state index in [2.05, 4.69) is 19.9 Å². The minimum Gasteiger partial charge on any atom is -0.510 e. The zero-order chi connectivity index (χ0) is 18.5. The average Bonchev–Trinajstić information content (AvgIpc) is 3.04. The van der Waals surface area contributed by atoms with Crippen LogP contribution in [-0.4, -0.2) is 30.8 Å². The molecule has 3 aromatic rings. The smallest absolute Gasteiger partial charge is 0.251 e. The van der Waals surface area contributed by atoms with Crippen LogP contribution in [-0.2, 0) is 6.42 Å². The van der Waals surface area contributed by atoms with Gasteiger partial charge in [0.05, 0.1) is 16.8 Å². The van der Waals surface area contributed by atoms with Gasteiger partial charge in [-0.15, -0.1) is 0 Å². The van der Waals surface area contributed by atoms with Gasteiger partial charge in [-0.1, -0.05) is 37.2 Å². The molecule has 0 radical (unpaired) electrons. The molecule has 0 atom stereocenters. The number of thioether (sulfide) groups is 1. The summed E-state index contributed by atoms with van der Waals surface area (Å²) in [6.07, 6.45) is 1.60. The van der Waals surface area contributed by atoms with Crippen molar-refractivity contribution in [1.29, 1.82) is 5.26 Å². The number of aliphatic hydroxyl groups excluding tert-OH is 1. The zero-order valence-corrected chi connectivity index (χ0v) is 14.9. The van der Waals surface area contributed by atoms with E-state index < -0.39 is 0 Å². The summed E-state index contributed by atoms with van der Waals surface area (Å²) in [6, 6.07) is 10.8. The molecular weight excluding hydrogens is 350 g/mol. The number of aryl methyl sites for hydroxylation is 1. The van der Waals surface area contributed by atoms with Crippen LogP contribution in [0.1, 0.15) is 24.9 Å². The Morgan fingerprint density at radius 2 is 2.12 bits per heavy atom. The van der Waals surface area contributed by atoms with Gasteiger partial charge < -0.3 is 15.1 Å². The number of H-pyrrole nitrogens is 2. The molecule has 3 N–H and O–H groups in total. The van der Waals surface area contributed by atoms with Crippen LogP contribution in [0.25, 0.3) is 16.6 Å². The standard InChI is InChI=1S/C18H17N5O2S/c1-2-5-11-8-16(25)23-18(20-11)26-10-15(24)12(9-19)17-21-13-6-3-4-7-14(13)22-17/h3-4,6-8,24H,2,5,10H2,1H3,(H,21,22)(H,20,23,25). The second-order valence-electron chi connectivity index (χ2n) is 5.62. The average molecular weight is 367 g/mol. The number of hydrogen-bond acceptors (Lipinski definition) is 6. The van der Waals surface area contributed by atoms with Gasteiger partial charge in [-0.25, -0.2) is 9.97 Å². The number of nitrogens with one attached hydrogen (secondary N) is 2. The predicted molar refractivity (Wildman–Crippen MR) is 101 cm³/mol. The largest absolute Gasteiger partial charge is 0.510 e. The summed E-state index contributed by atoms with van der Waals surface area (Å²) in [5.74, 6) is 0.284. The Kier molecular flexibility index (Phi) is 5.39. The number of benzene rings is 1. The Bertz CT molecular complexity index is 1030. The van der Waals surface area contributed by atoms with Gasteiger partial charge in [-0.05, 0) is 18.6 Å². The van der Waals surface area contributed by atoms with Crippen molar-refractivity contribution in [1.82, 2.24) is 19.9 Å². The highest BCUT2D eigenvalue weighted by Gasteiger charge is 2.14. The number of imidazole rings is 1. The summed E-state index contributed by atoms with van der Waals surface area (Å²) >= 11 is 1.16. The molecule has 0 fully saturated rings. The first-order valence-electron chi connectivity index (χ1n) is 8.11. The molecule has 0 amide bonds. The van der Waals surface area contributed by atoms with Crippen molar-refractivity contribution in [3.8, 4) is 6.07 Å². The number of rotatable bonds is 6. The summed E-state index contributed by atoms with van der Waals surface area (Å²) in [5.41, 5.74) is 2.05. The van der Waals surface area contributed by atoms with Crippen molar-refractivity contribution in [3.05, 3.63) is 58.0 Å². The van der Waals surface area contributed by atoms with E-state index in [4.69, 9.17) is 0 Å². The Hall–Kier alpha value is -3.05. The van der Waals surface area contributed by atoms with E-state index in [0.29, 0.717) is 28.6 Å². The molecule has 2 heterocycles. The van der Waals surface area contributed by atoms with E-state index in [9.17, 15) is 15.2 Å². The predicted octanol–water partition coefficient (Wildman–Crippen LogP) is 3.18. The summed E-state index contributed by atoms with van der Waals surface area (Å²) in [4.78, 5) is 26.0. The lowest BCUT2D eigenvalue weighted by Gasteiger charge is -2.04. The number of nitriles is 1. The minimum atomic E-state index is -0.229. The van der Waals surface area contributed by atoms with Gasteiger partial charge in [0.2, 0.25) is 0 Å². The third kappa shape index (κ3) is 3.95. The Morgan fingerprint density at radius 3 is 2.85 bits per heavy atom. The van der Waals surface area contributed by atoms with Gasteiger partial charge in [0.1, 0.15) is 17.4 Å². The first-order chi connectivity index (χ1) is 12.6. The number of para-hydroxylation sites is 2. The number of fused-ring (bicyclic) bond motifs is 1. The maximum Gasteiger partial charge on any atom is 0.251 e. The molecule has 8 heteroatoms. The topological polar surface area (TPSA) is 118 Å². The highest BCUT2D eigenvalue weighted by atomic mass is 32.2. The van der Waals surface area contributed by atoms with E-state index >= 15 is 0 Å². The highest BCUT2D eigenvalue weighted by molar-refractivity contribution is 7.99. The van der Waals surface area contributed by atoms with Gasteiger partial charge >= 0.3 is 0 Å². The van der Waals surface area contributed by atoms with Crippen LogP contribution in [0, 0.1) is 11.3 Å². The molecule has 1 aromatic carbocycles. The number of aliphatic hydroxyl groups is 1. The second-order valence-corrected chi connectivity index (χ2v) is 6.58.